The molecule has 0 fully saturated rings. The fourth-order valence-corrected chi connectivity index (χ4v) is 3.40. The molecular weight excluding hydrogens is 318 g/mol. The van der Waals surface area contributed by atoms with Crippen molar-refractivity contribution in [3.8, 4) is 11.5 Å². The van der Waals surface area contributed by atoms with Crippen LogP contribution in [-0.4, -0.2) is 26.8 Å². The van der Waals surface area contributed by atoms with Crippen LogP contribution in [0.4, 0.5) is 5.69 Å². The van der Waals surface area contributed by atoms with E-state index < -0.39 is 17.4 Å². The Morgan fingerprint density at radius 1 is 1.13 bits per heavy atom. The maximum atomic E-state index is 11.1. The number of phenols is 2. The lowest BCUT2D eigenvalue weighted by Crippen LogP contribution is -2.29. The number of halogens is 1. The topological polar surface area (TPSA) is 81.0 Å². The normalized spacial score (nSPS) is 19.6. The molecule has 0 amide bonds. The van der Waals surface area contributed by atoms with Gasteiger partial charge in [0.2, 0.25) is 0 Å². The van der Waals surface area contributed by atoms with E-state index in [2.05, 4.69) is 0 Å². The van der Waals surface area contributed by atoms with E-state index in [4.69, 9.17) is 16.7 Å². The zero-order valence-corrected chi connectivity index (χ0v) is 12.9. The number of phenolic OH excluding ortho intramolecular Hbond substituents is 2. The summed E-state index contributed by atoms with van der Waals surface area (Å²) in [5.74, 6) is -1.07. The number of carboxylic acids is 1. The highest BCUT2D eigenvalue weighted by atomic mass is 35.5. The molecule has 120 valence electrons. The van der Waals surface area contributed by atoms with E-state index in [1.165, 1.54) is 0 Å². The lowest BCUT2D eigenvalue weighted by molar-refractivity contribution is -0.137. The van der Waals surface area contributed by atoms with Crippen molar-refractivity contribution < 1.29 is 20.1 Å². The number of nitrogens with zero attached hydrogens (tertiary/aromatic N) is 1. The Kier molecular flexibility index (Phi) is 4.05. The fourth-order valence-electron chi connectivity index (χ4n) is 3.01. The van der Waals surface area contributed by atoms with Gasteiger partial charge >= 0.3 is 5.97 Å². The van der Waals surface area contributed by atoms with Gasteiger partial charge in [-0.15, -0.1) is 0 Å². The van der Waals surface area contributed by atoms with Gasteiger partial charge in [0.25, 0.3) is 0 Å². The van der Waals surface area contributed by atoms with Gasteiger partial charge in [0.1, 0.15) is 17.0 Å². The number of hydrogen-bond acceptors (Lipinski definition) is 4. The Morgan fingerprint density at radius 2 is 1.83 bits per heavy atom. The molecule has 0 aromatic heterocycles. The standard InChI is InChI=1S/C17H16ClNO4/c18-17-13(8-15(22)23)12-2-1-3-14(21)16(12)19(17)9-10-4-6-11(20)7-5-10/h1-7,13,17,20-21H,8-9H2,(H,22,23). The van der Waals surface area contributed by atoms with E-state index in [0.717, 1.165) is 11.1 Å². The van der Waals surface area contributed by atoms with Gasteiger partial charge < -0.3 is 20.2 Å². The van der Waals surface area contributed by atoms with Crippen LogP contribution in [0.25, 0.3) is 0 Å². The number of aliphatic carboxylic acids is 1. The van der Waals surface area contributed by atoms with Crippen molar-refractivity contribution in [2.75, 3.05) is 4.90 Å². The van der Waals surface area contributed by atoms with E-state index in [1.54, 1.807) is 47.4 Å². The predicted molar refractivity (Wildman–Crippen MR) is 87.0 cm³/mol. The molecular formula is C17H16ClNO4. The smallest absolute Gasteiger partial charge is 0.304 e. The van der Waals surface area contributed by atoms with E-state index >= 15 is 0 Å². The summed E-state index contributed by atoms with van der Waals surface area (Å²) >= 11 is 6.51. The molecule has 0 saturated carbocycles. The highest BCUT2D eigenvalue weighted by molar-refractivity contribution is 6.23. The minimum Gasteiger partial charge on any atom is -0.508 e. The third-order valence-electron chi connectivity index (χ3n) is 4.05. The van der Waals surface area contributed by atoms with E-state index in [1.807, 2.05) is 0 Å². The molecule has 2 unspecified atom stereocenters. The van der Waals surface area contributed by atoms with Gasteiger partial charge in [-0.25, -0.2) is 0 Å². The summed E-state index contributed by atoms with van der Waals surface area (Å²) in [4.78, 5) is 12.9. The summed E-state index contributed by atoms with van der Waals surface area (Å²) in [6.45, 7) is 0.412. The second-order valence-corrected chi connectivity index (χ2v) is 6.03. The molecule has 0 spiro atoms. The van der Waals surface area contributed by atoms with Gasteiger partial charge in [-0.1, -0.05) is 35.9 Å². The minimum atomic E-state index is -0.929. The van der Waals surface area contributed by atoms with Gasteiger partial charge in [0, 0.05) is 12.5 Å². The minimum absolute atomic E-state index is 0.0832. The van der Waals surface area contributed by atoms with Crippen LogP contribution >= 0.6 is 11.6 Å². The molecule has 0 bridgehead atoms. The molecule has 0 aliphatic carbocycles. The lowest BCUT2D eigenvalue weighted by Gasteiger charge is -2.25. The van der Waals surface area contributed by atoms with E-state index in [9.17, 15) is 15.0 Å². The molecule has 2 atom stereocenters. The molecule has 3 rings (SSSR count). The monoisotopic (exact) mass is 333 g/mol. The number of para-hydroxylation sites is 1. The fraction of sp³-hybridized carbons (Fsp3) is 0.235. The highest BCUT2D eigenvalue weighted by Crippen LogP contribution is 2.49. The number of rotatable bonds is 4. The van der Waals surface area contributed by atoms with E-state index in [0.29, 0.717) is 12.2 Å². The first-order valence-corrected chi connectivity index (χ1v) is 7.63. The van der Waals surface area contributed by atoms with E-state index in [-0.39, 0.29) is 17.9 Å². The first-order chi connectivity index (χ1) is 11.0. The van der Waals surface area contributed by atoms with Crippen molar-refractivity contribution in [2.45, 2.75) is 24.4 Å². The van der Waals surface area contributed by atoms with Crippen LogP contribution < -0.4 is 4.90 Å². The SMILES string of the molecule is O=C(O)CC1c2cccc(O)c2N(Cc2ccc(O)cc2)C1Cl. The molecule has 2 aromatic carbocycles. The number of anilines is 1. The number of alkyl halides is 1. The molecule has 0 saturated heterocycles. The zero-order chi connectivity index (χ0) is 16.6. The van der Waals surface area contributed by atoms with Crippen molar-refractivity contribution in [3.05, 3.63) is 53.6 Å². The largest absolute Gasteiger partial charge is 0.508 e. The van der Waals surface area contributed by atoms with Crippen LogP contribution in [0.1, 0.15) is 23.5 Å². The van der Waals surface area contributed by atoms with Gasteiger partial charge in [0.15, 0.2) is 0 Å². The molecule has 1 aliphatic heterocycles. The Balaban J connectivity index is 1.97. The third kappa shape index (κ3) is 2.92. The van der Waals surface area contributed by atoms with Crippen molar-refractivity contribution in [1.29, 1.82) is 0 Å². The maximum absolute atomic E-state index is 11.1. The molecule has 23 heavy (non-hydrogen) atoms. The van der Waals surface area contributed by atoms with Gasteiger partial charge in [-0.2, -0.15) is 0 Å². The van der Waals surface area contributed by atoms with Crippen LogP contribution in [-0.2, 0) is 11.3 Å². The first kappa shape index (κ1) is 15.5. The summed E-state index contributed by atoms with van der Waals surface area (Å²) < 4.78 is 0. The van der Waals surface area contributed by atoms with Crippen LogP contribution in [0.15, 0.2) is 42.5 Å². The predicted octanol–water partition coefficient (Wildman–Crippen LogP) is 3.24. The Bertz CT molecular complexity index is 732. The summed E-state index contributed by atoms with van der Waals surface area (Å²) in [5.41, 5.74) is 1.65. The Morgan fingerprint density at radius 3 is 2.48 bits per heavy atom. The number of carbonyl (C=O) groups is 1. The Hall–Kier alpha value is -2.40. The number of aromatic hydroxyl groups is 2. The number of benzene rings is 2. The second kappa shape index (κ2) is 6.01. The third-order valence-corrected chi connectivity index (χ3v) is 4.59. The highest BCUT2D eigenvalue weighted by Gasteiger charge is 2.40. The summed E-state index contributed by atoms with van der Waals surface area (Å²) in [7, 11) is 0. The van der Waals surface area contributed by atoms with Gasteiger partial charge in [-0.05, 0) is 29.3 Å². The molecule has 0 radical (unpaired) electrons. The average molecular weight is 334 g/mol. The number of fused-ring (bicyclic) bond motifs is 1. The molecule has 2 aromatic rings. The zero-order valence-electron chi connectivity index (χ0n) is 12.2. The number of carboxylic acid groups (broad SMARTS) is 1. The molecule has 1 heterocycles. The van der Waals surface area contributed by atoms with Gasteiger partial charge in [0.05, 0.1) is 12.1 Å². The molecule has 1 aliphatic rings. The summed E-state index contributed by atoms with van der Waals surface area (Å²) in [5, 5.41) is 28.7. The second-order valence-electron chi connectivity index (χ2n) is 5.59. The Labute approximate surface area is 138 Å². The van der Waals surface area contributed by atoms with Gasteiger partial charge in [-0.3, -0.25) is 4.79 Å². The summed E-state index contributed by atoms with van der Waals surface area (Å²) in [6.07, 6.45) is -0.100. The molecule has 6 heteroatoms. The van der Waals surface area contributed by atoms with Crippen LogP contribution in [0.3, 0.4) is 0 Å². The van der Waals surface area contributed by atoms with Crippen LogP contribution in [0.5, 0.6) is 11.5 Å². The van der Waals surface area contributed by atoms with Crippen molar-refractivity contribution >= 4 is 23.3 Å². The first-order valence-electron chi connectivity index (χ1n) is 7.19. The van der Waals surface area contributed by atoms with Crippen molar-refractivity contribution in [1.82, 2.24) is 0 Å². The maximum Gasteiger partial charge on any atom is 0.304 e. The molecule has 5 nitrogen and oxygen atoms in total. The van der Waals surface area contributed by atoms with Crippen molar-refractivity contribution in [2.24, 2.45) is 0 Å². The van der Waals surface area contributed by atoms with Crippen LogP contribution in [0, 0.1) is 0 Å². The van der Waals surface area contributed by atoms with Crippen molar-refractivity contribution in [3.63, 3.8) is 0 Å². The quantitative estimate of drug-likeness (QED) is 0.591. The average Bonchev–Trinajstić information content (AvgIpc) is 2.76. The number of hydrogen-bond donors (Lipinski definition) is 3. The summed E-state index contributed by atoms with van der Waals surface area (Å²) in [6, 6.07) is 11.7. The molecule has 3 N–H and O–H groups in total. The van der Waals surface area contributed by atoms with Crippen LogP contribution in [0.2, 0.25) is 0 Å². The lowest BCUT2D eigenvalue weighted by atomic mass is 9.97.